The van der Waals surface area contributed by atoms with E-state index < -0.39 is 0 Å². The SMILES string of the molecule is CC(C)(CN=C(N)N1CCCCC1)c1ccccc1F. The summed E-state index contributed by atoms with van der Waals surface area (Å²) in [7, 11) is 0. The van der Waals surface area contributed by atoms with Gasteiger partial charge in [-0.3, -0.25) is 4.99 Å². The van der Waals surface area contributed by atoms with Gasteiger partial charge in [-0.25, -0.2) is 4.39 Å². The summed E-state index contributed by atoms with van der Waals surface area (Å²) in [6, 6.07) is 6.88. The van der Waals surface area contributed by atoms with Crippen LogP contribution < -0.4 is 5.73 Å². The van der Waals surface area contributed by atoms with Gasteiger partial charge in [-0.05, 0) is 30.9 Å². The molecule has 2 rings (SSSR count). The number of rotatable bonds is 3. The van der Waals surface area contributed by atoms with Gasteiger partial charge in [-0.15, -0.1) is 0 Å². The minimum atomic E-state index is -0.355. The van der Waals surface area contributed by atoms with Crippen molar-refractivity contribution in [2.45, 2.75) is 38.5 Å². The lowest BCUT2D eigenvalue weighted by atomic mass is 9.84. The fourth-order valence-corrected chi connectivity index (χ4v) is 2.60. The van der Waals surface area contributed by atoms with Gasteiger partial charge in [0.1, 0.15) is 5.82 Å². The van der Waals surface area contributed by atoms with E-state index >= 15 is 0 Å². The normalized spacial score (nSPS) is 17.4. The van der Waals surface area contributed by atoms with Crippen LogP contribution in [0, 0.1) is 5.82 Å². The van der Waals surface area contributed by atoms with E-state index in [2.05, 4.69) is 9.89 Å². The Morgan fingerprint density at radius 2 is 1.90 bits per heavy atom. The molecule has 0 bridgehead atoms. The minimum Gasteiger partial charge on any atom is -0.370 e. The molecular weight excluding hydrogens is 253 g/mol. The van der Waals surface area contributed by atoms with Crippen molar-refractivity contribution in [2.24, 2.45) is 10.7 Å². The Bertz CT molecular complexity index is 476. The lowest BCUT2D eigenvalue weighted by Crippen LogP contribution is -2.41. The number of hydrogen-bond donors (Lipinski definition) is 1. The average molecular weight is 277 g/mol. The van der Waals surface area contributed by atoms with E-state index in [-0.39, 0.29) is 11.2 Å². The number of hydrogen-bond acceptors (Lipinski definition) is 1. The number of guanidine groups is 1. The van der Waals surface area contributed by atoms with Gasteiger partial charge in [0, 0.05) is 18.5 Å². The Morgan fingerprint density at radius 1 is 1.25 bits per heavy atom. The van der Waals surface area contributed by atoms with Crippen LogP contribution in [0.3, 0.4) is 0 Å². The van der Waals surface area contributed by atoms with E-state index in [1.165, 1.54) is 25.3 Å². The highest BCUT2D eigenvalue weighted by molar-refractivity contribution is 5.78. The number of halogens is 1. The Morgan fingerprint density at radius 3 is 2.55 bits per heavy atom. The smallest absolute Gasteiger partial charge is 0.191 e. The van der Waals surface area contributed by atoms with Gasteiger partial charge in [0.05, 0.1) is 6.54 Å². The molecular formula is C16H24FN3. The van der Waals surface area contributed by atoms with Crippen molar-refractivity contribution in [3.8, 4) is 0 Å². The van der Waals surface area contributed by atoms with E-state index in [4.69, 9.17) is 5.73 Å². The molecule has 1 saturated heterocycles. The van der Waals surface area contributed by atoms with Crippen molar-refractivity contribution in [2.75, 3.05) is 19.6 Å². The summed E-state index contributed by atoms with van der Waals surface area (Å²) in [5, 5.41) is 0. The summed E-state index contributed by atoms with van der Waals surface area (Å²) in [5.74, 6) is 0.415. The highest BCUT2D eigenvalue weighted by atomic mass is 19.1. The van der Waals surface area contributed by atoms with Crippen LogP contribution in [0.4, 0.5) is 4.39 Å². The lowest BCUT2D eigenvalue weighted by molar-refractivity contribution is 0.336. The van der Waals surface area contributed by atoms with E-state index in [9.17, 15) is 4.39 Å². The first-order valence-corrected chi connectivity index (χ1v) is 7.30. The van der Waals surface area contributed by atoms with Gasteiger partial charge in [0.15, 0.2) is 5.96 Å². The third-order valence-corrected chi connectivity index (χ3v) is 3.92. The van der Waals surface area contributed by atoms with Gasteiger partial charge in [-0.1, -0.05) is 32.0 Å². The summed E-state index contributed by atoms with van der Waals surface area (Å²) >= 11 is 0. The Kier molecular flexibility index (Phi) is 4.63. The molecule has 0 aliphatic carbocycles. The number of nitrogens with two attached hydrogens (primary N) is 1. The van der Waals surface area contributed by atoms with Crippen LogP contribution in [0.25, 0.3) is 0 Å². The Hall–Kier alpha value is -1.58. The molecule has 1 aromatic carbocycles. The molecule has 1 aliphatic rings. The summed E-state index contributed by atoms with van der Waals surface area (Å²) in [6.45, 7) is 6.46. The largest absolute Gasteiger partial charge is 0.370 e. The average Bonchev–Trinajstić information content (AvgIpc) is 2.46. The van der Waals surface area contributed by atoms with Crippen molar-refractivity contribution in [3.63, 3.8) is 0 Å². The van der Waals surface area contributed by atoms with Gasteiger partial charge < -0.3 is 10.6 Å². The third-order valence-electron chi connectivity index (χ3n) is 3.92. The summed E-state index contributed by atoms with van der Waals surface area (Å²) in [5.41, 5.74) is 6.39. The van der Waals surface area contributed by atoms with Crippen LogP contribution in [0.2, 0.25) is 0 Å². The fraction of sp³-hybridized carbons (Fsp3) is 0.562. The topological polar surface area (TPSA) is 41.6 Å². The number of piperidine rings is 1. The number of likely N-dealkylation sites (tertiary alicyclic amines) is 1. The van der Waals surface area contributed by atoms with E-state index in [0.29, 0.717) is 18.1 Å². The van der Waals surface area contributed by atoms with Crippen molar-refractivity contribution in [1.82, 2.24) is 4.90 Å². The molecule has 0 spiro atoms. The lowest BCUT2D eigenvalue weighted by Gasteiger charge is -2.29. The molecule has 0 aromatic heterocycles. The van der Waals surface area contributed by atoms with Crippen LogP contribution in [0.1, 0.15) is 38.7 Å². The number of nitrogens with zero attached hydrogens (tertiary/aromatic N) is 2. The van der Waals surface area contributed by atoms with Gasteiger partial charge in [0.25, 0.3) is 0 Å². The molecule has 1 heterocycles. The predicted octanol–water partition coefficient (Wildman–Crippen LogP) is 2.90. The maximum Gasteiger partial charge on any atom is 0.191 e. The molecule has 110 valence electrons. The summed E-state index contributed by atoms with van der Waals surface area (Å²) in [4.78, 5) is 6.62. The maximum atomic E-state index is 13.9. The van der Waals surface area contributed by atoms with Crippen molar-refractivity contribution in [3.05, 3.63) is 35.6 Å². The summed E-state index contributed by atoms with van der Waals surface area (Å²) < 4.78 is 13.9. The molecule has 20 heavy (non-hydrogen) atoms. The molecule has 3 nitrogen and oxygen atoms in total. The van der Waals surface area contributed by atoms with Crippen molar-refractivity contribution >= 4 is 5.96 Å². The maximum absolute atomic E-state index is 13.9. The van der Waals surface area contributed by atoms with Crippen LogP contribution in [-0.4, -0.2) is 30.5 Å². The fourth-order valence-electron chi connectivity index (χ4n) is 2.60. The zero-order valence-corrected chi connectivity index (χ0v) is 12.4. The van der Waals surface area contributed by atoms with Gasteiger partial charge in [-0.2, -0.15) is 0 Å². The quantitative estimate of drug-likeness (QED) is 0.682. The summed E-state index contributed by atoms with van der Waals surface area (Å²) in [6.07, 6.45) is 3.62. The second-order valence-electron chi connectivity index (χ2n) is 6.09. The van der Waals surface area contributed by atoms with Crippen molar-refractivity contribution in [1.29, 1.82) is 0 Å². The van der Waals surface area contributed by atoms with Crippen LogP contribution in [0.15, 0.2) is 29.3 Å². The number of benzene rings is 1. The molecule has 0 saturated carbocycles. The highest BCUT2D eigenvalue weighted by Gasteiger charge is 2.24. The van der Waals surface area contributed by atoms with E-state index in [1.807, 2.05) is 26.0 Å². The standard InChI is InChI=1S/C16H24FN3/c1-16(2,13-8-4-5-9-14(13)17)12-19-15(18)20-10-6-3-7-11-20/h4-5,8-9H,3,6-7,10-12H2,1-2H3,(H2,18,19). The molecule has 0 atom stereocenters. The highest BCUT2D eigenvalue weighted by Crippen LogP contribution is 2.26. The molecule has 0 amide bonds. The molecule has 2 N–H and O–H groups in total. The van der Waals surface area contributed by atoms with Crippen LogP contribution >= 0.6 is 0 Å². The molecule has 1 fully saturated rings. The Labute approximate surface area is 120 Å². The number of aliphatic imine (C=N–C) groups is 1. The molecule has 0 radical (unpaired) electrons. The zero-order valence-electron chi connectivity index (χ0n) is 12.4. The second kappa shape index (κ2) is 6.25. The van der Waals surface area contributed by atoms with E-state index in [1.54, 1.807) is 6.07 Å². The van der Waals surface area contributed by atoms with Crippen LogP contribution in [0.5, 0.6) is 0 Å². The van der Waals surface area contributed by atoms with Gasteiger partial charge >= 0.3 is 0 Å². The second-order valence-corrected chi connectivity index (χ2v) is 6.09. The molecule has 1 aromatic rings. The first kappa shape index (κ1) is 14.8. The van der Waals surface area contributed by atoms with Gasteiger partial charge in [0.2, 0.25) is 0 Å². The molecule has 4 heteroatoms. The third kappa shape index (κ3) is 3.50. The monoisotopic (exact) mass is 277 g/mol. The Balaban J connectivity index is 2.06. The van der Waals surface area contributed by atoms with Crippen molar-refractivity contribution < 1.29 is 4.39 Å². The first-order valence-electron chi connectivity index (χ1n) is 7.30. The minimum absolute atomic E-state index is 0.177. The van der Waals surface area contributed by atoms with E-state index in [0.717, 1.165) is 13.1 Å². The molecule has 0 unspecified atom stereocenters. The zero-order chi connectivity index (χ0) is 14.6. The predicted molar refractivity (Wildman–Crippen MR) is 81.3 cm³/mol. The van der Waals surface area contributed by atoms with Crippen LogP contribution in [-0.2, 0) is 5.41 Å². The first-order chi connectivity index (χ1) is 9.50. The molecule has 1 aliphatic heterocycles.